The molecule has 1 aliphatic heterocycles. The second-order valence-electron chi connectivity index (χ2n) is 3.91. The maximum atomic E-state index is 11.5. The molecule has 0 aromatic rings. The number of rotatable bonds is 3. The van der Waals surface area contributed by atoms with Gasteiger partial charge >= 0.3 is 6.09 Å². The highest BCUT2D eigenvalue weighted by Gasteiger charge is 2.21. The molecule has 82 valence electrons. The lowest BCUT2D eigenvalue weighted by atomic mass is 10.0. The van der Waals surface area contributed by atoms with E-state index in [2.05, 4.69) is 12.2 Å². The van der Waals surface area contributed by atoms with Crippen molar-refractivity contribution in [2.24, 2.45) is 5.92 Å². The SMILES string of the molecule is CNCCOC(=O)N1CCCC(C)C1. The summed E-state index contributed by atoms with van der Waals surface area (Å²) in [5.74, 6) is 0.612. The van der Waals surface area contributed by atoms with Gasteiger partial charge < -0.3 is 15.0 Å². The van der Waals surface area contributed by atoms with Crippen LogP contribution >= 0.6 is 0 Å². The zero-order chi connectivity index (χ0) is 10.4. The number of nitrogens with one attached hydrogen (secondary N) is 1. The summed E-state index contributed by atoms with van der Waals surface area (Å²) >= 11 is 0. The lowest BCUT2D eigenvalue weighted by Crippen LogP contribution is -2.40. The molecule has 4 nitrogen and oxygen atoms in total. The Bertz CT molecular complexity index is 185. The van der Waals surface area contributed by atoms with E-state index >= 15 is 0 Å². The first-order valence-corrected chi connectivity index (χ1v) is 5.30. The lowest BCUT2D eigenvalue weighted by molar-refractivity contribution is 0.0874. The van der Waals surface area contributed by atoms with Crippen LogP contribution < -0.4 is 5.32 Å². The van der Waals surface area contributed by atoms with Crippen LogP contribution in [0, 0.1) is 5.92 Å². The Morgan fingerprint density at radius 2 is 2.43 bits per heavy atom. The largest absolute Gasteiger partial charge is 0.448 e. The predicted octanol–water partition coefficient (Wildman–Crippen LogP) is 1.07. The highest BCUT2D eigenvalue weighted by atomic mass is 16.6. The van der Waals surface area contributed by atoms with E-state index in [9.17, 15) is 4.79 Å². The average Bonchev–Trinajstić information content (AvgIpc) is 2.18. The number of hydrogen-bond donors (Lipinski definition) is 1. The van der Waals surface area contributed by atoms with Gasteiger partial charge in [-0.05, 0) is 25.8 Å². The summed E-state index contributed by atoms with van der Waals surface area (Å²) in [6, 6.07) is 0. The van der Waals surface area contributed by atoms with Gasteiger partial charge in [0.05, 0.1) is 0 Å². The van der Waals surface area contributed by atoms with E-state index in [1.165, 1.54) is 6.42 Å². The molecule has 1 atom stereocenters. The molecule has 1 fully saturated rings. The first-order valence-electron chi connectivity index (χ1n) is 5.30. The minimum atomic E-state index is -0.160. The van der Waals surface area contributed by atoms with Gasteiger partial charge in [0.2, 0.25) is 0 Å². The summed E-state index contributed by atoms with van der Waals surface area (Å²) in [6.07, 6.45) is 2.16. The van der Waals surface area contributed by atoms with Gasteiger partial charge in [-0.2, -0.15) is 0 Å². The number of likely N-dealkylation sites (N-methyl/N-ethyl adjacent to an activating group) is 1. The van der Waals surface area contributed by atoms with E-state index in [0.717, 1.165) is 26.1 Å². The van der Waals surface area contributed by atoms with E-state index in [1.807, 2.05) is 11.9 Å². The summed E-state index contributed by atoms with van der Waals surface area (Å²) in [7, 11) is 1.84. The fourth-order valence-corrected chi connectivity index (χ4v) is 1.69. The first kappa shape index (κ1) is 11.3. The Kier molecular flexibility index (Phi) is 4.73. The van der Waals surface area contributed by atoms with E-state index in [4.69, 9.17) is 4.74 Å². The molecular formula is C10H20N2O2. The number of hydrogen-bond acceptors (Lipinski definition) is 3. The van der Waals surface area contributed by atoms with Crippen molar-refractivity contribution in [2.45, 2.75) is 19.8 Å². The average molecular weight is 200 g/mol. The van der Waals surface area contributed by atoms with Crippen LogP contribution in [0.3, 0.4) is 0 Å². The standard InChI is InChI=1S/C10H20N2O2/c1-9-4-3-6-12(8-9)10(13)14-7-5-11-2/h9,11H,3-8H2,1-2H3. The molecule has 1 aliphatic rings. The van der Waals surface area contributed by atoms with Crippen LogP contribution in [-0.2, 0) is 4.74 Å². The van der Waals surface area contributed by atoms with Crippen LogP contribution in [0.2, 0.25) is 0 Å². The van der Waals surface area contributed by atoms with Gasteiger partial charge in [0.25, 0.3) is 0 Å². The number of piperidine rings is 1. The van der Waals surface area contributed by atoms with Crippen molar-refractivity contribution in [2.75, 3.05) is 33.3 Å². The maximum absolute atomic E-state index is 11.5. The van der Waals surface area contributed by atoms with Crippen molar-refractivity contribution in [3.05, 3.63) is 0 Å². The number of nitrogens with zero attached hydrogens (tertiary/aromatic N) is 1. The van der Waals surface area contributed by atoms with Gasteiger partial charge in [0.1, 0.15) is 6.61 Å². The minimum Gasteiger partial charge on any atom is -0.448 e. The molecule has 14 heavy (non-hydrogen) atoms. The molecule has 0 saturated carbocycles. The highest BCUT2D eigenvalue weighted by molar-refractivity contribution is 5.67. The highest BCUT2D eigenvalue weighted by Crippen LogP contribution is 2.15. The molecule has 0 aromatic carbocycles. The third-order valence-electron chi connectivity index (χ3n) is 2.49. The van der Waals surface area contributed by atoms with E-state index in [1.54, 1.807) is 0 Å². The molecular weight excluding hydrogens is 180 g/mol. The molecule has 0 radical (unpaired) electrons. The lowest BCUT2D eigenvalue weighted by Gasteiger charge is -2.30. The molecule has 4 heteroatoms. The second-order valence-corrected chi connectivity index (χ2v) is 3.91. The zero-order valence-electron chi connectivity index (χ0n) is 9.08. The quantitative estimate of drug-likeness (QED) is 0.693. The van der Waals surface area contributed by atoms with Crippen LogP contribution in [0.25, 0.3) is 0 Å². The monoisotopic (exact) mass is 200 g/mol. The topological polar surface area (TPSA) is 41.6 Å². The molecule has 1 rings (SSSR count). The predicted molar refractivity (Wildman–Crippen MR) is 55.2 cm³/mol. The minimum absolute atomic E-state index is 0.160. The van der Waals surface area contributed by atoms with Gasteiger partial charge in [0, 0.05) is 19.6 Å². The smallest absolute Gasteiger partial charge is 0.409 e. The third kappa shape index (κ3) is 3.54. The van der Waals surface area contributed by atoms with Crippen molar-refractivity contribution < 1.29 is 9.53 Å². The third-order valence-corrected chi connectivity index (χ3v) is 2.49. The molecule has 1 unspecified atom stereocenters. The number of carbonyl (C=O) groups excluding carboxylic acids is 1. The fraction of sp³-hybridized carbons (Fsp3) is 0.900. The summed E-state index contributed by atoms with van der Waals surface area (Å²) in [6.45, 7) is 5.05. The maximum Gasteiger partial charge on any atom is 0.409 e. The van der Waals surface area contributed by atoms with Crippen LogP contribution in [0.1, 0.15) is 19.8 Å². The first-order chi connectivity index (χ1) is 6.74. The Labute approximate surface area is 85.6 Å². The Hall–Kier alpha value is -0.770. The van der Waals surface area contributed by atoms with Gasteiger partial charge in [-0.3, -0.25) is 0 Å². The molecule has 1 heterocycles. The van der Waals surface area contributed by atoms with Crippen molar-refractivity contribution >= 4 is 6.09 Å². The van der Waals surface area contributed by atoms with Crippen LogP contribution in [-0.4, -0.2) is 44.3 Å². The number of carbonyl (C=O) groups is 1. The molecule has 1 N–H and O–H groups in total. The van der Waals surface area contributed by atoms with Crippen molar-refractivity contribution in [1.82, 2.24) is 10.2 Å². The summed E-state index contributed by atoms with van der Waals surface area (Å²) in [5.41, 5.74) is 0. The summed E-state index contributed by atoms with van der Waals surface area (Å²) < 4.78 is 5.09. The second kappa shape index (κ2) is 5.86. The fourth-order valence-electron chi connectivity index (χ4n) is 1.69. The number of amides is 1. The van der Waals surface area contributed by atoms with Crippen molar-refractivity contribution in [3.8, 4) is 0 Å². The van der Waals surface area contributed by atoms with Crippen molar-refractivity contribution in [1.29, 1.82) is 0 Å². The Morgan fingerprint density at radius 1 is 1.64 bits per heavy atom. The summed E-state index contributed by atoms with van der Waals surface area (Å²) in [4.78, 5) is 13.3. The molecule has 1 saturated heterocycles. The number of ether oxygens (including phenoxy) is 1. The Morgan fingerprint density at radius 3 is 3.07 bits per heavy atom. The molecule has 0 aromatic heterocycles. The summed E-state index contributed by atoms with van der Waals surface area (Å²) in [5, 5.41) is 2.94. The van der Waals surface area contributed by atoms with E-state index in [0.29, 0.717) is 12.5 Å². The van der Waals surface area contributed by atoms with Gasteiger partial charge in [-0.1, -0.05) is 6.92 Å². The molecule has 0 spiro atoms. The normalized spacial score (nSPS) is 22.1. The number of likely N-dealkylation sites (tertiary alicyclic amines) is 1. The van der Waals surface area contributed by atoms with E-state index < -0.39 is 0 Å². The van der Waals surface area contributed by atoms with Gasteiger partial charge in [-0.15, -0.1) is 0 Å². The zero-order valence-corrected chi connectivity index (χ0v) is 9.08. The van der Waals surface area contributed by atoms with Gasteiger partial charge in [-0.25, -0.2) is 4.79 Å². The van der Waals surface area contributed by atoms with Crippen LogP contribution in [0.5, 0.6) is 0 Å². The van der Waals surface area contributed by atoms with Crippen molar-refractivity contribution in [3.63, 3.8) is 0 Å². The molecule has 0 bridgehead atoms. The van der Waals surface area contributed by atoms with E-state index in [-0.39, 0.29) is 6.09 Å². The molecule has 1 amide bonds. The Balaban J connectivity index is 2.22. The van der Waals surface area contributed by atoms with Crippen LogP contribution in [0.4, 0.5) is 4.79 Å². The van der Waals surface area contributed by atoms with Gasteiger partial charge in [0.15, 0.2) is 0 Å². The van der Waals surface area contributed by atoms with Crippen LogP contribution in [0.15, 0.2) is 0 Å². The molecule has 0 aliphatic carbocycles.